The van der Waals surface area contributed by atoms with Crippen molar-refractivity contribution in [2.24, 2.45) is 0 Å². The number of carbonyl (C=O) groups is 1. The van der Waals surface area contributed by atoms with E-state index in [1.165, 1.54) is 5.56 Å². The van der Waals surface area contributed by atoms with Crippen molar-refractivity contribution in [1.29, 1.82) is 0 Å². The second-order valence-electron chi connectivity index (χ2n) is 6.34. The summed E-state index contributed by atoms with van der Waals surface area (Å²) in [6.45, 7) is 3.04. The number of hydrogen-bond donors (Lipinski definition) is 2. The number of ether oxygens (including phenoxy) is 1. The minimum absolute atomic E-state index is 0.0153. The summed E-state index contributed by atoms with van der Waals surface area (Å²) < 4.78 is 5.42. The maximum Gasteiger partial charge on any atom is 0.253 e. The van der Waals surface area contributed by atoms with E-state index < -0.39 is 0 Å². The minimum Gasteiger partial charge on any atom is -0.378 e. The fraction of sp³-hybridized carbons (Fsp3) is 0.444. The molecule has 1 saturated heterocycles. The van der Waals surface area contributed by atoms with Crippen LogP contribution in [0.3, 0.4) is 0 Å². The standard InChI is InChI=1S/C18H22N4O2/c23-18(20-15-6-3-4-13-12-19-21-17(13)15)14-5-1-2-7-16(14)22-8-10-24-11-9-22/h1-2,5,7,12,15H,3-4,6,8-11H2,(H,19,21)(H,20,23)/t15-/m0/s1. The summed E-state index contributed by atoms with van der Waals surface area (Å²) in [5.74, 6) is -0.0236. The predicted molar refractivity (Wildman–Crippen MR) is 91.2 cm³/mol. The number of carbonyl (C=O) groups excluding carboxylic acids is 1. The Hall–Kier alpha value is -2.34. The lowest BCUT2D eigenvalue weighted by Crippen LogP contribution is -2.38. The van der Waals surface area contributed by atoms with Gasteiger partial charge in [-0.1, -0.05) is 12.1 Å². The lowest BCUT2D eigenvalue weighted by molar-refractivity contribution is 0.0930. The number of nitrogens with one attached hydrogen (secondary N) is 2. The van der Waals surface area contributed by atoms with Gasteiger partial charge in [0.05, 0.1) is 36.7 Å². The topological polar surface area (TPSA) is 70.2 Å². The largest absolute Gasteiger partial charge is 0.378 e. The Kier molecular flexibility index (Phi) is 4.21. The SMILES string of the molecule is O=C(N[C@H]1CCCc2cn[nH]c21)c1ccccc1N1CCOCC1. The molecule has 0 radical (unpaired) electrons. The van der Waals surface area contributed by atoms with Crippen LogP contribution in [-0.2, 0) is 11.2 Å². The van der Waals surface area contributed by atoms with Crippen LogP contribution in [0.15, 0.2) is 30.5 Å². The first-order valence-electron chi connectivity index (χ1n) is 8.57. The Labute approximate surface area is 141 Å². The molecule has 4 rings (SSSR count). The third-order valence-corrected chi connectivity index (χ3v) is 4.84. The van der Waals surface area contributed by atoms with Gasteiger partial charge in [-0.3, -0.25) is 9.89 Å². The Balaban J connectivity index is 1.55. The second-order valence-corrected chi connectivity index (χ2v) is 6.34. The summed E-state index contributed by atoms with van der Waals surface area (Å²) >= 11 is 0. The van der Waals surface area contributed by atoms with Crippen molar-refractivity contribution in [2.45, 2.75) is 25.3 Å². The highest BCUT2D eigenvalue weighted by Crippen LogP contribution is 2.29. The van der Waals surface area contributed by atoms with Crippen molar-refractivity contribution < 1.29 is 9.53 Å². The van der Waals surface area contributed by atoms with Crippen molar-refractivity contribution >= 4 is 11.6 Å². The molecule has 6 heteroatoms. The van der Waals surface area contributed by atoms with Crippen molar-refractivity contribution in [3.05, 3.63) is 47.3 Å². The first kappa shape index (κ1) is 15.2. The Bertz CT molecular complexity index is 721. The molecule has 0 spiro atoms. The summed E-state index contributed by atoms with van der Waals surface area (Å²) in [6.07, 6.45) is 4.92. The quantitative estimate of drug-likeness (QED) is 0.906. The van der Waals surface area contributed by atoms with Gasteiger partial charge in [0.2, 0.25) is 0 Å². The summed E-state index contributed by atoms with van der Waals surface area (Å²) in [7, 11) is 0. The van der Waals surface area contributed by atoms with Gasteiger partial charge in [-0.05, 0) is 37.0 Å². The molecule has 2 aliphatic rings. The van der Waals surface area contributed by atoms with Crippen LogP contribution in [0.1, 0.15) is 40.5 Å². The van der Waals surface area contributed by atoms with Crippen molar-refractivity contribution in [2.75, 3.05) is 31.2 Å². The summed E-state index contributed by atoms with van der Waals surface area (Å²) in [6, 6.07) is 7.83. The molecule has 2 heterocycles. The Morgan fingerprint density at radius 2 is 2.12 bits per heavy atom. The van der Waals surface area contributed by atoms with Gasteiger partial charge in [0, 0.05) is 18.8 Å². The Morgan fingerprint density at radius 3 is 3.00 bits per heavy atom. The molecule has 126 valence electrons. The van der Waals surface area contributed by atoms with Gasteiger partial charge in [0.15, 0.2) is 0 Å². The van der Waals surface area contributed by atoms with Crippen molar-refractivity contribution in [1.82, 2.24) is 15.5 Å². The molecule has 1 aromatic carbocycles. The van der Waals surface area contributed by atoms with E-state index in [1.807, 2.05) is 30.5 Å². The summed E-state index contributed by atoms with van der Waals surface area (Å²) in [4.78, 5) is 15.1. The number of morpholine rings is 1. The lowest BCUT2D eigenvalue weighted by Gasteiger charge is -2.31. The molecule has 1 aliphatic heterocycles. The third-order valence-electron chi connectivity index (χ3n) is 4.84. The van der Waals surface area contributed by atoms with Crippen LogP contribution >= 0.6 is 0 Å². The molecule has 0 unspecified atom stereocenters. The van der Waals surface area contributed by atoms with E-state index in [9.17, 15) is 4.79 Å². The number of amides is 1. The number of benzene rings is 1. The van der Waals surface area contributed by atoms with Crippen molar-refractivity contribution in [3.8, 4) is 0 Å². The van der Waals surface area contributed by atoms with E-state index in [-0.39, 0.29) is 11.9 Å². The molecule has 2 N–H and O–H groups in total. The number of anilines is 1. The number of para-hydroxylation sites is 1. The van der Waals surface area contributed by atoms with Crippen LogP contribution < -0.4 is 10.2 Å². The molecule has 1 aliphatic carbocycles. The number of aryl methyl sites for hydroxylation is 1. The highest BCUT2D eigenvalue weighted by molar-refractivity contribution is 6.00. The number of hydrogen-bond acceptors (Lipinski definition) is 4. The zero-order chi connectivity index (χ0) is 16.4. The van der Waals surface area contributed by atoms with Crippen LogP contribution in [0, 0.1) is 0 Å². The van der Waals surface area contributed by atoms with E-state index in [0.717, 1.165) is 49.3 Å². The minimum atomic E-state index is -0.0236. The van der Waals surface area contributed by atoms with E-state index in [2.05, 4.69) is 20.4 Å². The van der Waals surface area contributed by atoms with Gasteiger partial charge in [-0.25, -0.2) is 0 Å². The monoisotopic (exact) mass is 326 g/mol. The van der Waals surface area contributed by atoms with E-state index >= 15 is 0 Å². The molecule has 1 aromatic heterocycles. The van der Waals surface area contributed by atoms with E-state index in [0.29, 0.717) is 13.2 Å². The number of rotatable bonds is 3. The number of fused-ring (bicyclic) bond motifs is 1. The van der Waals surface area contributed by atoms with Crippen LogP contribution in [0.5, 0.6) is 0 Å². The smallest absolute Gasteiger partial charge is 0.253 e. The Morgan fingerprint density at radius 1 is 1.29 bits per heavy atom. The predicted octanol–water partition coefficient (Wildman–Crippen LogP) is 2.05. The van der Waals surface area contributed by atoms with Gasteiger partial charge in [0.25, 0.3) is 5.91 Å². The van der Waals surface area contributed by atoms with E-state index in [1.54, 1.807) is 0 Å². The van der Waals surface area contributed by atoms with Crippen molar-refractivity contribution in [3.63, 3.8) is 0 Å². The maximum atomic E-state index is 12.9. The lowest BCUT2D eigenvalue weighted by atomic mass is 9.93. The second kappa shape index (κ2) is 6.65. The van der Waals surface area contributed by atoms with Crippen LogP contribution in [-0.4, -0.2) is 42.4 Å². The number of aromatic nitrogens is 2. The molecule has 1 amide bonds. The zero-order valence-electron chi connectivity index (χ0n) is 13.6. The molecule has 2 aromatic rings. The number of H-pyrrole nitrogens is 1. The van der Waals surface area contributed by atoms with Crippen LogP contribution in [0.4, 0.5) is 5.69 Å². The van der Waals surface area contributed by atoms with Crippen LogP contribution in [0.2, 0.25) is 0 Å². The highest BCUT2D eigenvalue weighted by atomic mass is 16.5. The molecule has 0 bridgehead atoms. The molecule has 24 heavy (non-hydrogen) atoms. The number of nitrogens with zero attached hydrogens (tertiary/aromatic N) is 2. The van der Waals surface area contributed by atoms with E-state index in [4.69, 9.17) is 4.74 Å². The maximum absolute atomic E-state index is 12.9. The summed E-state index contributed by atoms with van der Waals surface area (Å²) in [5.41, 5.74) is 3.98. The van der Waals surface area contributed by atoms with Gasteiger partial charge in [-0.15, -0.1) is 0 Å². The molecule has 6 nitrogen and oxygen atoms in total. The molecular weight excluding hydrogens is 304 g/mol. The van der Waals surface area contributed by atoms with Gasteiger partial charge in [-0.2, -0.15) is 5.10 Å². The highest BCUT2D eigenvalue weighted by Gasteiger charge is 2.25. The first-order chi connectivity index (χ1) is 11.8. The molecule has 1 atom stereocenters. The zero-order valence-corrected chi connectivity index (χ0v) is 13.6. The number of aromatic amines is 1. The summed E-state index contributed by atoms with van der Waals surface area (Å²) in [5, 5.41) is 10.4. The molecular formula is C18H22N4O2. The van der Waals surface area contributed by atoms with Gasteiger partial charge < -0.3 is 15.0 Å². The normalized spacial score (nSPS) is 20.5. The molecule has 1 fully saturated rings. The fourth-order valence-corrected chi connectivity index (χ4v) is 3.59. The van der Waals surface area contributed by atoms with Gasteiger partial charge in [0.1, 0.15) is 0 Å². The molecule has 0 saturated carbocycles. The van der Waals surface area contributed by atoms with Crippen LogP contribution in [0.25, 0.3) is 0 Å². The third kappa shape index (κ3) is 2.89. The van der Waals surface area contributed by atoms with Gasteiger partial charge >= 0.3 is 0 Å². The fourth-order valence-electron chi connectivity index (χ4n) is 3.59. The first-order valence-corrected chi connectivity index (χ1v) is 8.57. The average molecular weight is 326 g/mol. The average Bonchev–Trinajstić information content (AvgIpc) is 3.12.